The van der Waals surface area contributed by atoms with Crippen LogP contribution in [-0.2, 0) is 11.2 Å². The van der Waals surface area contributed by atoms with Crippen molar-refractivity contribution in [2.75, 3.05) is 29.9 Å². The molecular weight excluding hydrogens is 435 g/mol. The summed E-state index contributed by atoms with van der Waals surface area (Å²) in [5.41, 5.74) is 7.38. The van der Waals surface area contributed by atoms with E-state index in [1.165, 1.54) is 18.2 Å². The number of halogens is 4. The Morgan fingerprint density at radius 1 is 1.10 bits per heavy atom. The molecule has 0 radical (unpaired) electrons. The number of rotatable bonds is 4. The standard InChI is InChI=1S/C21H21Cl2F2N3O2/c22-13-9-14(23)17(10-16(13)25)28-7-5-21(26,6-8-28)11-30-18-3-2-15(24)20-12(18)1-4-19(29)27-20/h2-3,9-10H,1,4-8,11,26H2,(H,27,29). The van der Waals surface area contributed by atoms with Gasteiger partial charge in [0.1, 0.15) is 24.0 Å². The molecule has 0 unspecified atom stereocenters. The average Bonchev–Trinajstić information content (AvgIpc) is 2.71. The van der Waals surface area contributed by atoms with Gasteiger partial charge in [0.25, 0.3) is 0 Å². The van der Waals surface area contributed by atoms with Gasteiger partial charge in [-0.25, -0.2) is 8.78 Å². The Balaban J connectivity index is 1.42. The molecule has 2 aromatic rings. The molecule has 3 N–H and O–H groups in total. The van der Waals surface area contributed by atoms with Gasteiger partial charge in [0.15, 0.2) is 0 Å². The zero-order valence-corrected chi connectivity index (χ0v) is 17.6. The number of anilines is 2. The highest BCUT2D eigenvalue weighted by molar-refractivity contribution is 6.36. The second-order valence-corrected chi connectivity index (χ2v) is 8.62. The number of nitrogens with one attached hydrogen (secondary N) is 1. The van der Waals surface area contributed by atoms with Crippen LogP contribution in [0.2, 0.25) is 10.0 Å². The summed E-state index contributed by atoms with van der Waals surface area (Å²) in [6, 6.07) is 5.59. The van der Waals surface area contributed by atoms with Gasteiger partial charge in [0, 0.05) is 31.1 Å². The predicted octanol–water partition coefficient (Wildman–Crippen LogP) is 4.53. The molecule has 2 aromatic carbocycles. The number of nitrogens with two attached hydrogens (primary N) is 1. The van der Waals surface area contributed by atoms with Crippen molar-refractivity contribution in [2.24, 2.45) is 5.73 Å². The molecule has 2 heterocycles. The second kappa shape index (κ2) is 8.21. The molecule has 4 rings (SSSR count). The summed E-state index contributed by atoms with van der Waals surface area (Å²) < 4.78 is 33.9. The lowest BCUT2D eigenvalue weighted by Crippen LogP contribution is -2.54. The minimum Gasteiger partial charge on any atom is -0.491 e. The van der Waals surface area contributed by atoms with Crippen LogP contribution in [0.3, 0.4) is 0 Å². The predicted molar refractivity (Wildman–Crippen MR) is 114 cm³/mol. The van der Waals surface area contributed by atoms with Crippen LogP contribution in [0.5, 0.6) is 5.75 Å². The minimum atomic E-state index is -0.590. The normalized spacial score (nSPS) is 18.0. The Labute approximate surface area is 183 Å². The molecule has 0 aliphatic carbocycles. The van der Waals surface area contributed by atoms with E-state index in [1.807, 2.05) is 4.90 Å². The van der Waals surface area contributed by atoms with E-state index in [0.29, 0.717) is 54.4 Å². The van der Waals surface area contributed by atoms with Crippen LogP contribution in [0.25, 0.3) is 0 Å². The molecule has 5 nitrogen and oxygen atoms in total. The van der Waals surface area contributed by atoms with Gasteiger partial charge in [0.2, 0.25) is 5.91 Å². The molecule has 160 valence electrons. The molecule has 1 amide bonds. The zero-order valence-electron chi connectivity index (χ0n) is 16.1. The van der Waals surface area contributed by atoms with Gasteiger partial charge in [-0.2, -0.15) is 0 Å². The van der Waals surface area contributed by atoms with E-state index in [2.05, 4.69) is 5.32 Å². The quantitative estimate of drug-likeness (QED) is 0.664. The summed E-state index contributed by atoms with van der Waals surface area (Å²) in [6.45, 7) is 1.41. The molecule has 0 atom stereocenters. The Morgan fingerprint density at radius 3 is 2.57 bits per heavy atom. The third-order valence-corrected chi connectivity index (χ3v) is 6.28. The van der Waals surface area contributed by atoms with E-state index in [0.717, 1.165) is 0 Å². The van der Waals surface area contributed by atoms with Gasteiger partial charge >= 0.3 is 0 Å². The molecule has 2 aliphatic heterocycles. The SMILES string of the molecule is NC1(COc2ccc(F)c3c2CCC(=O)N3)CCN(c2cc(F)c(Cl)cc2Cl)CC1. The first kappa shape index (κ1) is 21.2. The van der Waals surface area contributed by atoms with Crippen molar-refractivity contribution in [3.8, 4) is 5.75 Å². The van der Waals surface area contributed by atoms with Crippen molar-refractivity contribution in [2.45, 2.75) is 31.2 Å². The maximum atomic E-state index is 14.0. The molecule has 1 fully saturated rings. The van der Waals surface area contributed by atoms with Crippen molar-refractivity contribution < 1.29 is 18.3 Å². The highest BCUT2D eigenvalue weighted by Crippen LogP contribution is 2.36. The largest absolute Gasteiger partial charge is 0.491 e. The van der Waals surface area contributed by atoms with Crippen molar-refractivity contribution in [3.63, 3.8) is 0 Å². The van der Waals surface area contributed by atoms with Gasteiger partial charge in [0.05, 0.1) is 27.0 Å². The van der Waals surface area contributed by atoms with Gasteiger partial charge in [-0.1, -0.05) is 23.2 Å². The number of hydrogen-bond donors (Lipinski definition) is 2. The first-order valence-corrected chi connectivity index (χ1v) is 10.4. The van der Waals surface area contributed by atoms with E-state index >= 15 is 0 Å². The Hall–Kier alpha value is -2.09. The monoisotopic (exact) mass is 455 g/mol. The van der Waals surface area contributed by atoms with E-state index in [9.17, 15) is 13.6 Å². The maximum absolute atomic E-state index is 14.0. The molecule has 0 aromatic heterocycles. The number of hydrogen-bond acceptors (Lipinski definition) is 4. The molecule has 1 saturated heterocycles. The van der Waals surface area contributed by atoms with Crippen molar-refractivity contribution in [1.29, 1.82) is 0 Å². The van der Waals surface area contributed by atoms with Crippen molar-refractivity contribution in [1.82, 2.24) is 0 Å². The van der Waals surface area contributed by atoms with E-state index in [1.54, 1.807) is 6.07 Å². The molecule has 0 saturated carbocycles. The third-order valence-electron chi connectivity index (χ3n) is 5.69. The fourth-order valence-corrected chi connectivity index (χ4v) is 4.38. The molecule has 0 bridgehead atoms. The molecule has 30 heavy (non-hydrogen) atoms. The molecular formula is C21H21Cl2F2N3O2. The highest BCUT2D eigenvalue weighted by Gasteiger charge is 2.33. The summed E-state index contributed by atoms with van der Waals surface area (Å²) in [6.07, 6.45) is 1.91. The van der Waals surface area contributed by atoms with Crippen LogP contribution in [0.4, 0.5) is 20.2 Å². The van der Waals surface area contributed by atoms with Crippen LogP contribution < -0.4 is 20.7 Å². The smallest absolute Gasteiger partial charge is 0.224 e. The van der Waals surface area contributed by atoms with E-state index in [4.69, 9.17) is 33.7 Å². The number of carbonyl (C=O) groups is 1. The lowest BCUT2D eigenvalue weighted by atomic mass is 9.89. The van der Waals surface area contributed by atoms with Crippen LogP contribution in [0.15, 0.2) is 24.3 Å². The number of carbonyl (C=O) groups excluding carboxylic acids is 1. The fraction of sp³-hybridized carbons (Fsp3) is 0.381. The number of nitrogens with zero attached hydrogens (tertiary/aromatic N) is 1. The molecule has 0 spiro atoms. The minimum absolute atomic E-state index is 0.0128. The number of ether oxygens (including phenoxy) is 1. The third kappa shape index (κ3) is 4.19. The van der Waals surface area contributed by atoms with Gasteiger partial charge in [-0.3, -0.25) is 4.79 Å². The van der Waals surface area contributed by atoms with Crippen LogP contribution in [0.1, 0.15) is 24.8 Å². The molecule has 2 aliphatic rings. The number of fused-ring (bicyclic) bond motifs is 1. The number of amides is 1. The summed E-state index contributed by atoms with van der Waals surface area (Å²) in [5, 5.41) is 2.95. The maximum Gasteiger partial charge on any atom is 0.224 e. The Bertz CT molecular complexity index is 995. The molecule has 9 heteroatoms. The lowest BCUT2D eigenvalue weighted by Gasteiger charge is -2.40. The summed E-state index contributed by atoms with van der Waals surface area (Å²) in [7, 11) is 0. The van der Waals surface area contributed by atoms with Crippen molar-refractivity contribution in [3.05, 3.63) is 51.5 Å². The van der Waals surface area contributed by atoms with Crippen LogP contribution >= 0.6 is 23.2 Å². The lowest BCUT2D eigenvalue weighted by molar-refractivity contribution is -0.116. The fourth-order valence-electron chi connectivity index (χ4n) is 3.87. The Kier molecular flexibility index (Phi) is 5.79. The number of benzene rings is 2. The average molecular weight is 456 g/mol. The zero-order chi connectivity index (χ0) is 21.5. The van der Waals surface area contributed by atoms with Gasteiger partial charge in [-0.15, -0.1) is 0 Å². The van der Waals surface area contributed by atoms with E-state index < -0.39 is 17.2 Å². The summed E-state index contributed by atoms with van der Waals surface area (Å²) >= 11 is 12.0. The highest BCUT2D eigenvalue weighted by atomic mass is 35.5. The summed E-state index contributed by atoms with van der Waals surface area (Å²) in [4.78, 5) is 13.5. The summed E-state index contributed by atoms with van der Waals surface area (Å²) in [5.74, 6) is -0.676. The van der Waals surface area contributed by atoms with Crippen molar-refractivity contribution >= 4 is 40.5 Å². The second-order valence-electron chi connectivity index (χ2n) is 7.80. The first-order valence-electron chi connectivity index (χ1n) is 9.68. The first-order chi connectivity index (χ1) is 14.3. The topological polar surface area (TPSA) is 67.6 Å². The van der Waals surface area contributed by atoms with Crippen LogP contribution in [-0.4, -0.2) is 31.1 Å². The number of piperidine rings is 1. The van der Waals surface area contributed by atoms with Gasteiger partial charge < -0.3 is 20.7 Å². The Morgan fingerprint density at radius 2 is 1.83 bits per heavy atom. The van der Waals surface area contributed by atoms with Gasteiger partial charge in [-0.05, 0) is 37.5 Å². The van der Waals surface area contributed by atoms with Crippen LogP contribution in [0, 0.1) is 11.6 Å². The van der Waals surface area contributed by atoms with E-state index in [-0.39, 0.29) is 29.6 Å².